The van der Waals surface area contributed by atoms with Crippen LogP contribution >= 0.6 is 11.6 Å². The molecule has 0 aromatic heterocycles. The van der Waals surface area contributed by atoms with Gasteiger partial charge in [-0.2, -0.15) is 0 Å². The highest BCUT2D eigenvalue weighted by molar-refractivity contribution is 6.33. The first-order valence-electron chi connectivity index (χ1n) is 6.55. The van der Waals surface area contributed by atoms with Gasteiger partial charge in [0.1, 0.15) is 5.82 Å². The summed E-state index contributed by atoms with van der Waals surface area (Å²) in [5, 5.41) is 5.48. The van der Waals surface area contributed by atoms with Crippen molar-refractivity contribution in [2.75, 3.05) is 12.4 Å². The number of rotatable bonds is 4. The molecule has 2 N–H and O–H groups in total. The first-order chi connectivity index (χ1) is 10.5. The Kier molecular flexibility index (Phi) is 5.12. The summed E-state index contributed by atoms with van der Waals surface area (Å²) in [6.45, 7) is 0. The molecule has 0 aliphatic heterocycles. The van der Waals surface area contributed by atoms with Crippen molar-refractivity contribution in [1.82, 2.24) is 5.32 Å². The molecule has 2 rings (SSSR count). The fourth-order valence-electron chi connectivity index (χ4n) is 1.89. The zero-order valence-electron chi connectivity index (χ0n) is 11.8. The van der Waals surface area contributed by atoms with Crippen LogP contribution in [0.15, 0.2) is 42.5 Å². The summed E-state index contributed by atoms with van der Waals surface area (Å²) < 4.78 is 12.8. The predicted molar refractivity (Wildman–Crippen MR) is 83.6 cm³/mol. The second kappa shape index (κ2) is 7.04. The lowest BCUT2D eigenvalue weighted by Crippen LogP contribution is -2.19. The molecule has 0 atom stereocenters. The summed E-state index contributed by atoms with van der Waals surface area (Å²) in [4.78, 5) is 23.6. The van der Waals surface area contributed by atoms with Crippen molar-refractivity contribution in [2.24, 2.45) is 0 Å². The van der Waals surface area contributed by atoms with Crippen LogP contribution in [0.1, 0.15) is 15.9 Å². The number of halogens is 2. The average Bonchev–Trinajstić information content (AvgIpc) is 2.51. The molecule has 0 aliphatic carbocycles. The Hall–Kier alpha value is -2.40. The van der Waals surface area contributed by atoms with Crippen molar-refractivity contribution >= 4 is 29.1 Å². The van der Waals surface area contributed by atoms with E-state index in [1.54, 1.807) is 12.1 Å². The number of hydrogen-bond acceptors (Lipinski definition) is 2. The van der Waals surface area contributed by atoms with Crippen LogP contribution in [0, 0.1) is 5.82 Å². The first kappa shape index (κ1) is 16.0. The van der Waals surface area contributed by atoms with Crippen LogP contribution in [0.2, 0.25) is 5.02 Å². The number of carbonyl (C=O) groups excluding carboxylic acids is 2. The van der Waals surface area contributed by atoms with Gasteiger partial charge in [0, 0.05) is 12.6 Å². The van der Waals surface area contributed by atoms with E-state index in [-0.39, 0.29) is 24.1 Å². The van der Waals surface area contributed by atoms with Gasteiger partial charge in [-0.15, -0.1) is 0 Å². The molecular formula is C16H14ClFN2O2. The van der Waals surface area contributed by atoms with E-state index in [1.165, 1.54) is 37.4 Å². The van der Waals surface area contributed by atoms with Crippen LogP contribution in [-0.4, -0.2) is 18.9 Å². The molecule has 6 heteroatoms. The van der Waals surface area contributed by atoms with E-state index >= 15 is 0 Å². The Bertz CT molecular complexity index is 702. The van der Waals surface area contributed by atoms with Crippen molar-refractivity contribution < 1.29 is 14.0 Å². The average molecular weight is 321 g/mol. The monoisotopic (exact) mass is 320 g/mol. The maximum Gasteiger partial charge on any atom is 0.251 e. The Morgan fingerprint density at radius 2 is 1.82 bits per heavy atom. The number of carbonyl (C=O) groups is 2. The minimum Gasteiger partial charge on any atom is -0.355 e. The van der Waals surface area contributed by atoms with Gasteiger partial charge in [0.2, 0.25) is 5.91 Å². The Morgan fingerprint density at radius 3 is 2.45 bits per heavy atom. The maximum atomic E-state index is 12.8. The van der Waals surface area contributed by atoms with Crippen molar-refractivity contribution in [2.45, 2.75) is 6.42 Å². The molecule has 4 nitrogen and oxygen atoms in total. The summed E-state index contributed by atoms with van der Waals surface area (Å²) >= 11 is 6.02. The van der Waals surface area contributed by atoms with Gasteiger partial charge in [-0.1, -0.05) is 23.7 Å². The molecule has 2 aromatic rings. The molecule has 22 heavy (non-hydrogen) atoms. The maximum absolute atomic E-state index is 12.8. The number of nitrogens with one attached hydrogen (secondary N) is 2. The van der Waals surface area contributed by atoms with E-state index in [4.69, 9.17) is 11.6 Å². The topological polar surface area (TPSA) is 58.2 Å². The third kappa shape index (κ3) is 4.05. The molecule has 2 amide bonds. The summed E-state index contributed by atoms with van der Waals surface area (Å²) in [5.74, 6) is -0.932. The molecule has 0 fully saturated rings. The van der Waals surface area contributed by atoms with E-state index in [2.05, 4.69) is 10.6 Å². The number of benzene rings is 2. The van der Waals surface area contributed by atoms with E-state index in [1.807, 2.05) is 0 Å². The largest absolute Gasteiger partial charge is 0.355 e. The minimum atomic E-state index is -0.356. The first-order valence-corrected chi connectivity index (χ1v) is 6.93. The number of anilines is 1. The van der Waals surface area contributed by atoms with Crippen molar-refractivity contribution in [3.8, 4) is 0 Å². The molecule has 2 aromatic carbocycles. The van der Waals surface area contributed by atoms with Gasteiger partial charge in [-0.3, -0.25) is 9.59 Å². The highest BCUT2D eigenvalue weighted by atomic mass is 35.5. The van der Waals surface area contributed by atoms with E-state index in [9.17, 15) is 14.0 Å². The van der Waals surface area contributed by atoms with Gasteiger partial charge >= 0.3 is 0 Å². The Labute approximate surface area is 132 Å². The highest BCUT2D eigenvalue weighted by Gasteiger charge is 2.10. The van der Waals surface area contributed by atoms with Gasteiger partial charge in [-0.05, 0) is 35.9 Å². The lowest BCUT2D eigenvalue weighted by molar-refractivity contribution is -0.115. The fourth-order valence-corrected chi connectivity index (χ4v) is 2.05. The second-order valence-electron chi connectivity index (χ2n) is 4.63. The third-order valence-corrected chi connectivity index (χ3v) is 3.34. The van der Waals surface area contributed by atoms with Crippen LogP contribution in [0.5, 0.6) is 0 Å². The van der Waals surface area contributed by atoms with E-state index < -0.39 is 0 Å². The van der Waals surface area contributed by atoms with Crippen LogP contribution in [0.4, 0.5) is 10.1 Å². The Balaban J connectivity index is 2.10. The van der Waals surface area contributed by atoms with E-state index in [0.717, 1.165) is 0 Å². The lowest BCUT2D eigenvalue weighted by Gasteiger charge is -2.09. The van der Waals surface area contributed by atoms with Crippen LogP contribution < -0.4 is 10.6 Å². The molecule has 114 valence electrons. The Morgan fingerprint density at radius 1 is 1.14 bits per heavy atom. The fraction of sp³-hybridized carbons (Fsp3) is 0.125. The quantitative estimate of drug-likeness (QED) is 0.909. The molecule has 0 saturated carbocycles. The molecule has 0 bridgehead atoms. The molecule has 0 spiro atoms. The summed E-state index contributed by atoms with van der Waals surface area (Å²) in [5.41, 5.74) is 1.43. The van der Waals surface area contributed by atoms with Crippen molar-refractivity contribution in [3.05, 3.63) is 64.4 Å². The molecule has 0 saturated heterocycles. The van der Waals surface area contributed by atoms with Gasteiger partial charge in [-0.25, -0.2) is 4.39 Å². The lowest BCUT2D eigenvalue weighted by atomic mass is 10.1. The zero-order chi connectivity index (χ0) is 16.1. The zero-order valence-corrected chi connectivity index (χ0v) is 12.6. The minimum absolute atomic E-state index is 0.0841. The molecule has 0 unspecified atom stereocenters. The highest BCUT2D eigenvalue weighted by Crippen LogP contribution is 2.23. The van der Waals surface area contributed by atoms with Crippen molar-refractivity contribution in [1.29, 1.82) is 0 Å². The number of amides is 2. The SMILES string of the molecule is CNC(=O)c1ccc(Cl)c(NC(=O)Cc2ccc(F)cc2)c1. The van der Waals surface area contributed by atoms with Crippen LogP contribution in [-0.2, 0) is 11.2 Å². The third-order valence-electron chi connectivity index (χ3n) is 3.01. The summed E-state index contributed by atoms with van der Waals surface area (Å²) in [7, 11) is 1.52. The molecule has 0 radical (unpaired) electrons. The van der Waals surface area contributed by atoms with E-state index in [0.29, 0.717) is 21.8 Å². The second-order valence-corrected chi connectivity index (χ2v) is 5.03. The van der Waals surface area contributed by atoms with Crippen molar-refractivity contribution in [3.63, 3.8) is 0 Å². The molecule has 0 heterocycles. The van der Waals surface area contributed by atoms with Gasteiger partial charge in [0.05, 0.1) is 17.1 Å². The smallest absolute Gasteiger partial charge is 0.251 e. The normalized spacial score (nSPS) is 10.1. The standard InChI is InChI=1S/C16H14ClFN2O2/c1-19-16(22)11-4-7-13(17)14(9-11)20-15(21)8-10-2-5-12(18)6-3-10/h2-7,9H,8H2,1H3,(H,19,22)(H,20,21). The molecular weight excluding hydrogens is 307 g/mol. The van der Waals surface area contributed by atoms with Gasteiger partial charge < -0.3 is 10.6 Å². The number of hydrogen-bond donors (Lipinski definition) is 2. The predicted octanol–water partition coefficient (Wildman–Crippen LogP) is 3.02. The van der Waals surface area contributed by atoms with Gasteiger partial charge in [0.15, 0.2) is 0 Å². The van der Waals surface area contributed by atoms with Crippen LogP contribution in [0.25, 0.3) is 0 Å². The van der Waals surface area contributed by atoms with Gasteiger partial charge in [0.25, 0.3) is 5.91 Å². The molecule has 0 aliphatic rings. The summed E-state index contributed by atoms with van der Waals surface area (Å²) in [6, 6.07) is 10.3. The summed E-state index contributed by atoms with van der Waals surface area (Å²) in [6.07, 6.45) is 0.0841. The van der Waals surface area contributed by atoms with Crippen LogP contribution in [0.3, 0.4) is 0 Å².